The molecule has 24 heavy (non-hydrogen) atoms. The highest BCUT2D eigenvalue weighted by molar-refractivity contribution is 6.31. The highest BCUT2D eigenvalue weighted by Gasteiger charge is 2.23. The van der Waals surface area contributed by atoms with E-state index in [9.17, 15) is 14.7 Å². The molecule has 0 spiro atoms. The van der Waals surface area contributed by atoms with Gasteiger partial charge in [-0.2, -0.15) is 0 Å². The number of halogens is 1. The highest BCUT2D eigenvalue weighted by Crippen LogP contribution is 2.23. The number of hydrogen-bond donors (Lipinski definition) is 4. The van der Waals surface area contributed by atoms with Crippen molar-refractivity contribution in [1.29, 1.82) is 0 Å². The molecule has 0 aliphatic heterocycles. The number of benzene rings is 2. The van der Waals surface area contributed by atoms with Crippen molar-refractivity contribution in [2.45, 2.75) is 18.9 Å². The molecule has 0 aromatic heterocycles. The Kier molecular flexibility index (Phi) is 4.57. The fourth-order valence-electron chi connectivity index (χ4n) is 2.11. The van der Waals surface area contributed by atoms with E-state index in [0.29, 0.717) is 16.4 Å². The Bertz CT molecular complexity index is 773. The Balaban J connectivity index is 1.61. The molecule has 1 fully saturated rings. The molecule has 2 aromatic rings. The van der Waals surface area contributed by atoms with Gasteiger partial charge in [-0.25, -0.2) is 4.79 Å². The van der Waals surface area contributed by atoms with Gasteiger partial charge < -0.3 is 21.1 Å². The maximum atomic E-state index is 12.2. The second-order valence-electron chi connectivity index (χ2n) is 5.57. The first-order valence-electron chi connectivity index (χ1n) is 7.49. The number of carbonyl (C=O) groups excluding carboxylic acids is 2. The summed E-state index contributed by atoms with van der Waals surface area (Å²) >= 11 is 5.84. The zero-order chi connectivity index (χ0) is 17.1. The lowest BCUT2D eigenvalue weighted by Gasteiger charge is -2.09. The number of nitrogens with one attached hydrogen (secondary N) is 3. The van der Waals surface area contributed by atoms with Crippen LogP contribution in [-0.4, -0.2) is 23.1 Å². The zero-order valence-electron chi connectivity index (χ0n) is 12.7. The third-order valence-corrected chi connectivity index (χ3v) is 3.75. The molecule has 1 aliphatic carbocycles. The van der Waals surface area contributed by atoms with Gasteiger partial charge in [0, 0.05) is 22.4 Å². The summed E-state index contributed by atoms with van der Waals surface area (Å²) in [7, 11) is 0. The highest BCUT2D eigenvalue weighted by atomic mass is 35.5. The molecule has 0 unspecified atom stereocenters. The Morgan fingerprint density at radius 3 is 2.25 bits per heavy atom. The van der Waals surface area contributed by atoms with Crippen LogP contribution in [0.3, 0.4) is 0 Å². The van der Waals surface area contributed by atoms with Crippen LogP contribution >= 0.6 is 11.6 Å². The van der Waals surface area contributed by atoms with Crippen LogP contribution in [0, 0.1) is 0 Å². The molecule has 4 N–H and O–H groups in total. The van der Waals surface area contributed by atoms with Gasteiger partial charge in [-0.3, -0.25) is 4.79 Å². The number of rotatable bonds is 4. The Morgan fingerprint density at radius 1 is 1.00 bits per heavy atom. The predicted octanol–water partition coefficient (Wildman–Crippen LogP) is 3.58. The van der Waals surface area contributed by atoms with Gasteiger partial charge in [-0.05, 0) is 55.3 Å². The van der Waals surface area contributed by atoms with Crippen molar-refractivity contribution in [1.82, 2.24) is 5.32 Å². The lowest BCUT2D eigenvalue weighted by molar-refractivity contribution is 0.102. The standard InChI is InChI=1S/C17H16ClN3O3/c18-10-1-8-15(22)14(9-10)16(23)19-11-2-4-12(5-3-11)20-17(24)21-13-6-7-13/h1-5,8-9,13,22H,6-7H2,(H,19,23)(H2,20,21,24). The molecule has 0 radical (unpaired) electrons. The Hall–Kier alpha value is -2.73. The smallest absolute Gasteiger partial charge is 0.319 e. The van der Waals surface area contributed by atoms with Crippen molar-refractivity contribution < 1.29 is 14.7 Å². The summed E-state index contributed by atoms with van der Waals surface area (Å²) in [5, 5.41) is 18.3. The van der Waals surface area contributed by atoms with Crippen LogP contribution in [0.25, 0.3) is 0 Å². The molecule has 0 atom stereocenters. The molecule has 0 heterocycles. The predicted molar refractivity (Wildman–Crippen MR) is 92.7 cm³/mol. The number of amides is 3. The molecule has 3 rings (SSSR count). The number of urea groups is 1. The quantitative estimate of drug-likeness (QED) is 0.682. The lowest BCUT2D eigenvalue weighted by Crippen LogP contribution is -2.30. The molecule has 3 amide bonds. The zero-order valence-corrected chi connectivity index (χ0v) is 13.4. The van der Waals surface area contributed by atoms with E-state index in [-0.39, 0.29) is 23.4 Å². The van der Waals surface area contributed by atoms with Gasteiger partial charge in [0.1, 0.15) is 5.75 Å². The molecular weight excluding hydrogens is 330 g/mol. The summed E-state index contributed by atoms with van der Waals surface area (Å²) in [6.07, 6.45) is 2.05. The van der Waals surface area contributed by atoms with E-state index in [0.717, 1.165) is 12.8 Å². The van der Waals surface area contributed by atoms with Gasteiger partial charge in [0.15, 0.2) is 0 Å². The average Bonchev–Trinajstić information content (AvgIpc) is 3.35. The van der Waals surface area contributed by atoms with Crippen molar-refractivity contribution in [3.8, 4) is 5.75 Å². The Morgan fingerprint density at radius 2 is 1.62 bits per heavy atom. The molecule has 0 bridgehead atoms. The minimum atomic E-state index is -0.470. The minimum absolute atomic E-state index is 0.0912. The van der Waals surface area contributed by atoms with Crippen LogP contribution in [0.15, 0.2) is 42.5 Å². The summed E-state index contributed by atoms with van der Waals surface area (Å²) in [4.78, 5) is 23.8. The van der Waals surface area contributed by atoms with Gasteiger partial charge in [0.2, 0.25) is 0 Å². The Labute approximate surface area is 143 Å². The maximum Gasteiger partial charge on any atom is 0.319 e. The third-order valence-electron chi connectivity index (χ3n) is 3.52. The van der Waals surface area contributed by atoms with Gasteiger partial charge >= 0.3 is 6.03 Å². The monoisotopic (exact) mass is 345 g/mol. The molecule has 0 saturated heterocycles. The van der Waals surface area contributed by atoms with Gasteiger partial charge in [-0.1, -0.05) is 11.6 Å². The number of anilines is 2. The first kappa shape index (κ1) is 16.1. The first-order valence-corrected chi connectivity index (χ1v) is 7.86. The summed E-state index contributed by atoms with van der Waals surface area (Å²) in [5.41, 5.74) is 1.25. The normalized spacial score (nSPS) is 13.2. The van der Waals surface area contributed by atoms with Crippen molar-refractivity contribution in [3.63, 3.8) is 0 Å². The van der Waals surface area contributed by atoms with Crippen LogP contribution in [0.2, 0.25) is 5.02 Å². The van der Waals surface area contributed by atoms with E-state index in [1.165, 1.54) is 18.2 Å². The maximum absolute atomic E-state index is 12.2. The lowest BCUT2D eigenvalue weighted by atomic mass is 10.2. The molecular formula is C17H16ClN3O3. The van der Waals surface area contributed by atoms with Crippen LogP contribution in [0.5, 0.6) is 5.75 Å². The summed E-state index contributed by atoms with van der Waals surface area (Å²) in [6.45, 7) is 0. The largest absolute Gasteiger partial charge is 0.507 e. The molecule has 6 nitrogen and oxygen atoms in total. The minimum Gasteiger partial charge on any atom is -0.507 e. The van der Waals surface area contributed by atoms with E-state index in [1.807, 2.05) is 0 Å². The topological polar surface area (TPSA) is 90.5 Å². The van der Waals surface area contributed by atoms with E-state index in [1.54, 1.807) is 24.3 Å². The van der Waals surface area contributed by atoms with Crippen molar-refractivity contribution in [2.75, 3.05) is 10.6 Å². The van der Waals surface area contributed by atoms with Crippen LogP contribution in [0.4, 0.5) is 16.2 Å². The van der Waals surface area contributed by atoms with Crippen molar-refractivity contribution in [2.24, 2.45) is 0 Å². The van der Waals surface area contributed by atoms with Gasteiger partial charge in [0.25, 0.3) is 5.91 Å². The SMILES string of the molecule is O=C(Nc1ccc(NC(=O)c2cc(Cl)ccc2O)cc1)NC1CC1. The summed E-state index contributed by atoms with van der Waals surface area (Å²) < 4.78 is 0. The summed E-state index contributed by atoms with van der Waals surface area (Å²) in [5.74, 6) is -0.617. The molecule has 2 aromatic carbocycles. The first-order chi connectivity index (χ1) is 11.5. The fourth-order valence-corrected chi connectivity index (χ4v) is 2.28. The van der Waals surface area contributed by atoms with Crippen LogP contribution in [0.1, 0.15) is 23.2 Å². The van der Waals surface area contributed by atoms with E-state index in [4.69, 9.17) is 11.6 Å². The van der Waals surface area contributed by atoms with E-state index < -0.39 is 5.91 Å². The number of aromatic hydroxyl groups is 1. The second-order valence-corrected chi connectivity index (χ2v) is 6.00. The molecule has 7 heteroatoms. The molecule has 124 valence electrons. The average molecular weight is 346 g/mol. The van der Waals surface area contributed by atoms with Crippen LogP contribution in [-0.2, 0) is 0 Å². The number of hydrogen-bond acceptors (Lipinski definition) is 3. The van der Waals surface area contributed by atoms with Gasteiger partial charge in [0.05, 0.1) is 5.56 Å². The van der Waals surface area contributed by atoms with E-state index in [2.05, 4.69) is 16.0 Å². The third kappa shape index (κ3) is 4.17. The van der Waals surface area contributed by atoms with Crippen molar-refractivity contribution in [3.05, 3.63) is 53.1 Å². The van der Waals surface area contributed by atoms with Gasteiger partial charge in [-0.15, -0.1) is 0 Å². The number of phenols is 1. The summed E-state index contributed by atoms with van der Waals surface area (Å²) in [6, 6.07) is 11.0. The molecule has 1 aliphatic rings. The number of phenolic OH excluding ortho intramolecular Hbond substituents is 1. The fraction of sp³-hybridized carbons (Fsp3) is 0.176. The van der Waals surface area contributed by atoms with E-state index >= 15 is 0 Å². The number of carbonyl (C=O) groups is 2. The van der Waals surface area contributed by atoms with Crippen LogP contribution < -0.4 is 16.0 Å². The second kappa shape index (κ2) is 6.80. The molecule has 1 saturated carbocycles. The van der Waals surface area contributed by atoms with Crippen molar-refractivity contribution >= 4 is 34.9 Å².